The topological polar surface area (TPSA) is 29.5 Å². The molecule has 1 aliphatic rings. The molecule has 0 aromatic rings. The fourth-order valence-corrected chi connectivity index (χ4v) is 2.98. The first-order valence-electron chi connectivity index (χ1n) is 6.70. The average Bonchev–Trinajstić information content (AvgIpc) is 2.37. The van der Waals surface area contributed by atoms with Crippen LogP contribution in [0.3, 0.4) is 0 Å². The number of halogens is 4. The van der Waals surface area contributed by atoms with Gasteiger partial charge in [-0.15, -0.1) is 11.6 Å². The molecule has 1 aliphatic carbocycles. The minimum atomic E-state index is -4.21. The SMILES string of the molecule is COCC(Cl)CN(C)C(=O)C1CCCC(C(F)(F)F)C1. The number of carbonyl (C=O) groups is 1. The molecule has 0 heterocycles. The molecule has 1 amide bonds. The first-order chi connectivity index (χ1) is 9.25. The van der Waals surface area contributed by atoms with Crippen molar-refractivity contribution in [2.75, 3.05) is 27.3 Å². The van der Waals surface area contributed by atoms with Gasteiger partial charge >= 0.3 is 6.18 Å². The predicted molar refractivity (Wildman–Crippen MR) is 70.7 cm³/mol. The minimum Gasteiger partial charge on any atom is -0.383 e. The lowest BCUT2D eigenvalue weighted by atomic mass is 9.80. The fourth-order valence-electron chi connectivity index (χ4n) is 2.64. The average molecular weight is 316 g/mol. The molecule has 118 valence electrons. The second kappa shape index (κ2) is 7.50. The van der Waals surface area contributed by atoms with Gasteiger partial charge in [0.1, 0.15) is 0 Å². The van der Waals surface area contributed by atoms with Gasteiger partial charge in [-0.3, -0.25) is 4.79 Å². The zero-order valence-corrected chi connectivity index (χ0v) is 12.5. The Balaban J connectivity index is 2.53. The number of amides is 1. The highest BCUT2D eigenvalue weighted by Gasteiger charge is 2.44. The van der Waals surface area contributed by atoms with Crippen LogP contribution in [0.5, 0.6) is 0 Å². The van der Waals surface area contributed by atoms with Gasteiger partial charge in [-0.05, 0) is 19.3 Å². The van der Waals surface area contributed by atoms with Crippen molar-refractivity contribution >= 4 is 17.5 Å². The summed E-state index contributed by atoms with van der Waals surface area (Å²) >= 11 is 5.96. The summed E-state index contributed by atoms with van der Waals surface area (Å²) in [6, 6.07) is 0. The summed E-state index contributed by atoms with van der Waals surface area (Å²) in [5.41, 5.74) is 0. The van der Waals surface area contributed by atoms with Crippen LogP contribution < -0.4 is 0 Å². The van der Waals surface area contributed by atoms with E-state index in [1.807, 2.05) is 0 Å². The van der Waals surface area contributed by atoms with E-state index in [1.54, 1.807) is 7.05 Å². The van der Waals surface area contributed by atoms with E-state index in [4.69, 9.17) is 16.3 Å². The Morgan fingerprint density at radius 3 is 2.65 bits per heavy atom. The number of alkyl halides is 4. The molecule has 1 saturated carbocycles. The molecule has 3 unspecified atom stereocenters. The third kappa shape index (κ3) is 5.13. The molecule has 0 radical (unpaired) electrons. The third-order valence-electron chi connectivity index (χ3n) is 3.68. The molecule has 0 aliphatic heterocycles. The van der Waals surface area contributed by atoms with Crippen LogP contribution in [0.4, 0.5) is 13.2 Å². The quantitative estimate of drug-likeness (QED) is 0.730. The Morgan fingerprint density at radius 2 is 2.10 bits per heavy atom. The molecule has 0 aromatic heterocycles. The van der Waals surface area contributed by atoms with Crippen molar-refractivity contribution in [3.05, 3.63) is 0 Å². The zero-order valence-electron chi connectivity index (χ0n) is 11.8. The van der Waals surface area contributed by atoms with Gasteiger partial charge in [0.05, 0.1) is 17.9 Å². The van der Waals surface area contributed by atoms with Crippen molar-refractivity contribution in [2.24, 2.45) is 11.8 Å². The van der Waals surface area contributed by atoms with E-state index in [0.29, 0.717) is 19.4 Å². The molecule has 0 saturated heterocycles. The van der Waals surface area contributed by atoms with Crippen LogP contribution in [0.2, 0.25) is 0 Å². The molecule has 20 heavy (non-hydrogen) atoms. The Bertz CT molecular complexity index is 325. The van der Waals surface area contributed by atoms with Crippen molar-refractivity contribution in [1.82, 2.24) is 4.90 Å². The fraction of sp³-hybridized carbons (Fsp3) is 0.923. The summed E-state index contributed by atoms with van der Waals surface area (Å²) in [4.78, 5) is 13.6. The molecule has 0 aromatic carbocycles. The maximum absolute atomic E-state index is 12.7. The summed E-state index contributed by atoms with van der Waals surface area (Å²) in [6.07, 6.45) is -3.23. The van der Waals surface area contributed by atoms with E-state index < -0.39 is 18.0 Å². The van der Waals surface area contributed by atoms with Gasteiger partial charge in [0, 0.05) is 26.6 Å². The molecule has 7 heteroatoms. The minimum absolute atomic E-state index is 0.107. The molecule has 1 rings (SSSR count). The molecule has 0 N–H and O–H groups in total. The second-order valence-electron chi connectivity index (χ2n) is 5.37. The first kappa shape index (κ1) is 17.6. The van der Waals surface area contributed by atoms with Crippen LogP contribution in [0.1, 0.15) is 25.7 Å². The van der Waals surface area contributed by atoms with Gasteiger partial charge < -0.3 is 9.64 Å². The van der Waals surface area contributed by atoms with Crippen LogP contribution in [0, 0.1) is 11.8 Å². The molecule has 3 nitrogen and oxygen atoms in total. The Labute approximate surface area is 122 Å². The van der Waals surface area contributed by atoms with Gasteiger partial charge in [-0.2, -0.15) is 13.2 Å². The highest BCUT2D eigenvalue weighted by molar-refractivity contribution is 6.21. The summed E-state index contributed by atoms with van der Waals surface area (Å²) in [5.74, 6) is -2.16. The standard InChI is InChI=1S/C13H21ClF3NO2/c1-18(7-11(14)8-20-2)12(19)9-4-3-5-10(6-9)13(15,16)17/h9-11H,3-8H2,1-2H3. The number of hydrogen-bond acceptors (Lipinski definition) is 2. The lowest BCUT2D eigenvalue weighted by Gasteiger charge is -2.32. The lowest BCUT2D eigenvalue weighted by molar-refractivity contribution is -0.187. The van der Waals surface area contributed by atoms with E-state index in [-0.39, 0.29) is 30.7 Å². The Kier molecular flexibility index (Phi) is 6.58. The molecule has 3 atom stereocenters. The predicted octanol–water partition coefficient (Wildman–Crippen LogP) is 3.07. The number of ether oxygens (including phenoxy) is 1. The third-order valence-corrected chi connectivity index (χ3v) is 3.95. The van der Waals surface area contributed by atoms with E-state index in [0.717, 1.165) is 0 Å². The van der Waals surface area contributed by atoms with Crippen LogP contribution >= 0.6 is 11.6 Å². The molecular formula is C13H21ClF3NO2. The van der Waals surface area contributed by atoms with Crippen molar-refractivity contribution < 1.29 is 22.7 Å². The van der Waals surface area contributed by atoms with Gasteiger partial charge in [-0.1, -0.05) is 6.42 Å². The van der Waals surface area contributed by atoms with Gasteiger partial charge in [0.15, 0.2) is 0 Å². The molecule has 1 fully saturated rings. The monoisotopic (exact) mass is 315 g/mol. The first-order valence-corrected chi connectivity index (χ1v) is 7.14. The number of rotatable bonds is 5. The maximum atomic E-state index is 12.7. The largest absolute Gasteiger partial charge is 0.391 e. The second-order valence-corrected chi connectivity index (χ2v) is 5.99. The summed E-state index contributed by atoms with van der Waals surface area (Å²) in [7, 11) is 3.08. The maximum Gasteiger partial charge on any atom is 0.391 e. The highest BCUT2D eigenvalue weighted by Crippen LogP contribution is 2.40. The van der Waals surface area contributed by atoms with Crippen LogP contribution in [-0.2, 0) is 9.53 Å². The van der Waals surface area contributed by atoms with E-state index in [9.17, 15) is 18.0 Å². The van der Waals surface area contributed by atoms with Crippen LogP contribution in [0.15, 0.2) is 0 Å². The van der Waals surface area contributed by atoms with E-state index in [1.165, 1.54) is 12.0 Å². The molecule has 0 spiro atoms. The van der Waals surface area contributed by atoms with Gasteiger partial charge in [0.2, 0.25) is 5.91 Å². The van der Waals surface area contributed by atoms with Gasteiger partial charge in [0.25, 0.3) is 0 Å². The lowest BCUT2D eigenvalue weighted by Crippen LogP contribution is -2.41. The van der Waals surface area contributed by atoms with E-state index in [2.05, 4.69) is 0 Å². The Hall–Kier alpha value is -0.490. The molecule has 0 bridgehead atoms. The summed E-state index contributed by atoms with van der Waals surface area (Å²) < 4.78 is 43.1. The molecular weight excluding hydrogens is 295 g/mol. The number of nitrogens with zero attached hydrogens (tertiary/aromatic N) is 1. The van der Waals surface area contributed by atoms with Crippen LogP contribution in [-0.4, -0.2) is 49.7 Å². The van der Waals surface area contributed by atoms with Crippen molar-refractivity contribution in [2.45, 2.75) is 37.2 Å². The summed E-state index contributed by atoms with van der Waals surface area (Å²) in [5, 5.41) is -0.351. The van der Waals surface area contributed by atoms with Crippen molar-refractivity contribution in [3.8, 4) is 0 Å². The summed E-state index contributed by atoms with van der Waals surface area (Å²) in [6.45, 7) is 0.580. The number of methoxy groups -OCH3 is 1. The van der Waals surface area contributed by atoms with Gasteiger partial charge in [-0.25, -0.2) is 0 Å². The van der Waals surface area contributed by atoms with Crippen molar-refractivity contribution in [3.63, 3.8) is 0 Å². The number of carbonyl (C=O) groups excluding carboxylic acids is 1. The smallest absolute Gasteiger partial charge is 0.383 e. The highest BCUT2D eigenvalue weighted by atomic mass is 35.5. The zero-order chi connectivity index (χ0) is 15.3. The normalized spacial score (nSPS) is 25.3. The Morgan fingerprint density at radius 1 is 1.45 bits per heavy atom. The van der Waals surface area contributed by atoms with Crippen molar-refractivity contribution in [1.29, 1.82) is 0 Å². The number of hydrogen-bond donors (Lipinski definition) is 0. The van der Waals surface area contributed by atoms with Crippen LogP contribution in [0.25, 0.3) is 0 Å². The van der Waals surface area contributed by atoms with E-state index >= 15 is 0 Å².